The number of benzene rings is 2. The molecule has 0 unspecified atom stereocenters. The molecular weight excluding hydrogens is 448 g/mol. The van der Waals surface area contributed by atoms with E-state index in [1.807, 2.05) is 6.92 Å². The lowest BCUT2D eigenvalue weighted by Gasteiger charge is -2.21. The lowest BCUT2D eigenvalue weighted by Crippen LogP contribution is -2.32. The fourth-order valence-electron chi connectivity index (χ4n) is 3.25. The number of carbonyl (C=O) groups excluding carboxylic acids is 2. The number of amides is 2. The van der Waals surface area contributed by atoms with Crippen molar-refractivity contribution < 1.29 is 9.59 Å². The van der Waals surface area contributed by atoms with E-state index in [0.29, 0.717) is 44.4 Å². The summed E-state index contributed by atoms with van der Waals surface area (Å²) in [7, 11) is 0. The van der Waals surface area contributed by atoms with Gasteiger partial charge >= 0.3 is 0 Å². The third-order valence-corrected chi connectivity index (χ3v) is 6.08. The van der Waals surface area contributed by atoms with Crippen LogP contribution in [0.4, 0.5) is 5.69 Å². The Labute approximate surface area is 192 Å². The van der Waals surface area contributed by atoms with Crippen LogP contribution >= 0.6 is 22.9 Å². The summed E-state index contributed by atoms with van der Waals surface area (Å²) in [5.41, 5.74) is 1.03. The molecule has 2 aromatic heterocycles. The number of halogens is 1. The van der Waals surface area contributed by atoms with E-state index in [-0.39, 0.29) is 23.9 Å². The number of hydrogen-bond acceptors (Lipinski definition) is 5. The molecule has 0 radical (unpaired) electrons. The van der Waals surface area contributed by atoms with Crippen LogP contribution in [0.3, 0.4) is 0 Å². The van der Waals surface area contributed by atoms with Crippen LogP contribution < -0.4 is 10.9 Å². The van der Waals surface area contributed by atoms with Crippen molar-refractivity contribution in [2.45, 2.75) is 13.5 Å². The number of rotatable bonds is 6. The van der Waals surface area contributed by atoms with E-state index in [1.165, 1.54) is 11.3 Å². The number of hydrogen-bond donors (Lipinski definition) is 2. The summed E-state index contributed by atoms with van der Waals surface area (Å²) in [6, 6.07) is 15.3. The predicted molar refractivity (Wildman–Crippen MR) is 127 cm³/mol. The Kier molecular flexibility index (Phi) is 6.34. The molecule has 0 saturated carbocycles. The molecule has 32 heavy (non-hydrogen) atoms. The standard InChI is InChI=1S/C23H19ClN4O3S/c1-2-28(13-20-25-17-7-4-3-6-15(17)21(29)27-20)23(31)14-9-10-16(24)18(12-14)26-22(30)19-8-5-11-32-19/h3-12H,2,13H2,1H3,(H,26,30)(H,25,27,29). The Hall–Kier alpha value is -3.49. The van der Waals surface area contributed by atoms with E-state index in [0.717, 1.165) is 0 Å². The molecule has 0 aliphatic rings. The number of H-pyrrole nitrogens is 1. The molecule has 0 bridgehead atoms. The van der Waals surface area contributed by atoms with Gasteiger partial charge in [-0.05, 0) is 48.7 Å². The number of carbonyl (C=O) groups is 2. The first-order valence-electron chi connectivity index (χ1n) is 9.88. The van der Waals surface area contributed by atoms with Crippen molar-refractivity contribution in [2.75, 3.05) is 11.9 Å². The van der Waals surface area contributed by atoms with Gasteiger partial charge < -0.3 is 15.2 Å². The summed E-state index contributed by atoms with van der Waals surface area (Å²) in [6.07, 6.45) is 0. The number of fused-ring (bicyclic) bond motifs is 1. The zero-order valence-corrected chi connectivity index (χ0v) is 18.7. The predicted octanol–water partition coefficient (Wildman–Crippen LogP) is 4.55. The number of thiophene rings is 1. The maximum absolute atomic E-state index is 13.2. The topological polar surface area (TPSA) is 95.2 Å². The minimum absolute atomic E-state index is 0.134. The number of aromatic nitrogens is 2. The van der Waals surface area contributed by atoms with E-state index in [9.17, 15) is 14.4 Å². The van der Waals surface area contributed by atoms with Crippen molar-refractivity contribution in [3.05, 3.63) is 91.6 Å². The van der Waals surface area contributed by atoms with Gasteiger partial charge in [0.2, 0.25) is 0 Å². The highest BCUT2D eigenvalue weighted by Crippen LogP contribution is 2.25. The van der Waals surface area contributed by atoms with Gasteiger partial charge in [-0.15, -0.1) is 11.3 Å². The second-order valence-corrected chi connectivity index (χ2v) is 8.33. The number of para-hydroxylation sites is 1. The third kappa shape index (κ3) is 4.56. The van der Waals surface area contributed by atoms with Crippen LogP contribution in [0.5, 0.6) is 0 Å². The minimum atomic E-state index is -0.295. The highest BCUT2D eigenvalue weighted by atomic mass is 35.5. The van der Waals surface area contributed by atoms with Crippen molar-refractivity contribution in [3.8, 4) is 0 Å². The Bertz CT molecular complexity index is 1350. The van der Waals surface area contributed by atoms with E-state index >= 15 is 0 Å². The third-order valence-electron chi connectivity index (χ3n) is 4.88. The lowest BCUT2D eigenvalue weighted by atomic mass is 10.1. The van der Waals surface area contributed by atoms with Crippen molar-refractivity contribution in [3.63, 3.8) is 0 Å². The van der Waals surface area contributed by atoms with Crippen LogP contribution in [0.2, 0.25) is 5.02 Å². The first-order valence-corrected chi connectivity index (χ1v) is 11.1. The Balaban J connectivity index is 1.57. The molecule has 0 aliphatic heterocycles. The zero-order valence-electron chi connectivity index (χ0n) is 17.1. The summed E-state index contributed by atoms with van der Waals surface area (Å²) in [4.78, 5) is 47.2. The van der Waals surface area contributed by atoms with E-state index in [1.54, 1.807) is 64.9 Å². The van der Waals surface area contributed by atoms with Crippen molar-refractivity contribution in [2.24, 2.45) is 0 Å². The monoisotopic (exact) mass is 466 g/mol. The van der Waals surface area contributed by atoms with Crippen molar-refractivity contribution in [1.82, 2.24) is 14.9 Å². The quantitative estimate of drug-likeness (QED) is 0.435. The molecule has 9 heteroatoms. The van der Waals surface area contributed by atoms with Crippen molar-refractivity contribution >= 4 is 51.3 Å². The second kappa shape index (κ2) is 9.33. The van der Waals surface area contributed by atoms with Crippen molar-refractivity contribution in [1.29, 1.82) is 0 Å². The molecule has 4 aromatic rings. The highest BCUT2D eigenvalue weighted by molar-refractivity contribution is 7.12. The molecule has 0 aliphatic carbocycles. The first-order chi connectivity index (χ1) is 15.5. The molecule has 0 atom stereocenters. The highest BCUT2D eigenvalue weighted by Gasteiger charge is 2.18. The summed E-state index contributed by atoms with van der Waals surface area (Å²) < 4.78 is 0. The van der Waals surface area contributed by atoms with Crippen LogP contribution in [0.1, 0.15) is 32.8 Å². The molecule has 162 valence electrons. The molecule has 2 aromatic carbocycles. The van der Waals surface area contributed by atoms with Gasteiger partial charge in [-0.25, -0.2) is 4.98 Å². The van der Waals surface area contributed by atoms with Crippen LogP contribution in [0.25, 0.3) is 10.9 Å². The van der Waals surface area contributed by atoms with Gasteiger partial charge in [-0.2, -0.15) is 0 Å². The molecule has 2 heterocycles. The van der Waals surface area contributed by atoms with Gasteiger partial charge in [-0.1, -0.05) is 29.8 Å². The number of anilines is 1. The molecule has 2 amide bonds. The summed E-state index contributed by atoms with van der Waals surface area (Å²) in [5.74, 6) is -0.174. The normalized spacial score (nSPS) is 10.8. The maximum Gasteiger partial charge on any atom is 0.265 e. The smallest absolute Gasteiger partial charge is 0.265 e. The first kappa shape index (κ1) is 21.7. The van der Waals surface area contributed by atoms with Crippen LogP contribution in [0, 0.1) is 0 Å². The van der Waals surface area contributed by atoms with Gasteiger partial charge in [0.05, 0.1) is 33.0 Å². The fourth-order valence-corrected chi connectivity index (χ4v) is 4.03. The van der Waals surface area contributed by atoms with Gasteiger partial charge in [0.25, 0.3) is 17.4 Å². The SMILES string of the molecule is CCN(Cc1nc2ccccc2c(=O)[nH]1)C(=O)c1ccc(Cl)c(NC(=O)c2cccs2)c1. The number of nitrogens with one attached hydrogen (secondary N) is 2. The van der Waals surface area contributed by atoms with Crippen LogP contribution in [-0.4, -0.2) is 33.2 Å². The zero-order chi connectivity index (χ0) is 22.7. The summed E-state index contributed by atoms with van der Waals surface area (Å²) >= 11 is 7.55. The van der Waals surface area contributed by atoms with Gasteiger partial charge in [0.15, 0.2) is 0 Å². The molecule has 0 fully saturated rings. The van der Waals surface area contributed by atoms with Crippen LogP contribution in [-0.2, 0) is 6.54 Å². The fraction of sp³-hybridized carbons (Fsp3) is 0.130. The molecule has 4 rings (SSSR count). The van der Waals surface area contributed by atoms with E-state index in [2.05, 4.69) is 15.3 Å². The summed E-state index contributed by atoms with van der Waals surface area (Å²) in [6.45, 7) is 2.37. The average molecular weight is 467 g/mol. The van der Waals surface area contributed by atoms with E-state index in [4.69, 9.17) is 11.6 Å². The van der Waals surface area contributed by atoms with Gasteiger partial charge in [-0.3, -0.25) is 14.4 Å². The Morgan fingerprint density at radius 1 is 1.16 bits per heavy atom. The van der Waals surface area contributed by atoms with Crippen LogP contribution in [0.15, 0.2) is 64.8 Å². The molecule has 0 saturated heterocycles. The van der Waals surface area contributed by atoms with Gasteiger partial charge in [0.1, 0.15) is 5.82 Å². The van der Waals surface area contributed by atoms with E-state index < -0.39 is 0 Å². The number of aromatic amines is 1. The largest absolute Gasteiger partial charge is 0.331 e. The maximum atomic E-state index is 13.2. The minimum Gasteiger partial charge on any atom is -0.331 e. The van der Waals surface area contributed by atoms with Gasteiger partial charge in [0, 0.05) is 12.1 Å². The molecule has 7 nitrogen and oxygen atoms in total. The lowest BCUT2D eigenvalue weighted by molar-refractivity contribution is 0.0748. The second-order valence-electron chi connectivity index (χ2n) is 6.98. The Morgan fingerprint density at radius 3 is 2.72 bits per heavy atom. The molecular formula is C23H19ClN4O3S. The summed E-state index contributed by atoms with van der Waals surface area (Å²) in [5, 5.41) is 5.38. The molecule has 2 N–H and O–H groups in total. The Morgan fingerprint density at radius 2 is 1.97 bits per heavy atom. The number of nitrogens with zero attached hydrogens (tertiary/aromatic N) is 2. The molecule has 0 spiro atoms. The average Bonchev–Trinajstić information content (AvgIpc) is 3.34.